The SMILES string of the molecule is Cc1cc(Br)c(F)cc1Nc1cccc(Br)c1C#N. The molecule has 2 nitrogen and oxygen atoms in total. The molecule has 0 aromatic heterocycles. The number of aryl methyl sites for hydroxylation is 1. The summed E-state index contributed by atoms with van der Waals surface area (Å²) >= 11 is 6.46. The van der Waals surface area contributed by atoms with Crippen molar-refractivity contribution in [3.63, 3.8) is 0 Å². The maximum absolute atomic E-state index is 13.6. The molecule has 2 aromatic carbocycles. The van der Waals surface area contributed by atoms with Crippen molar-refractivity contribution in [3.05, 3.63) is 56.2 Å². The molecule has 0 aliphatic heterocycles. The first kappa shape index (κ1) is 14.0. The van der Waals surface area contributed by atoms with E-state index in [1.54, 1.807) is 18.2 Å². The van der Waals surface area contributed by atoms with Crippen molar-refractivity contribution in [2.75, 3.05) is 5.32 Å². The zero-order valence-electron chi connectivity index (χ0n) is 9.97. The van der Waals surface area contributed by atoms with Gasteiger partial charge in [0.05, 0.1) is 15.7 Å². The van der Waals surface area contributed by atoms with Gasteiger partial charge in [-0.3, -0.25) is 0 Å². The lowest BCUT2D eigenvalue weighted by Crippen LogP contribution is -1.97. The standard InChI is InChI=1S/C14H9Br2FN2/c1-8-5-11(16)12(17)6-14(8)19-13-4-2-3-10(15)9(13)7-18/h2-6,19H,1H3. The molecule has 2 rings (SSSR count). The Labute approximate surface area is 127 Å². The summed E-state index contributed by atoms with van der Waals surface area (Å²) in [5, 5.41) is 12.2. The molecule has 0 aliphatic carbocycles. The second-order valence-corrected chi connectivity index (χ2v) is 5.69. The van der Waals surface area contributed by atoms with E-state index < -0.39 is 0 Å². The van der Waals surface area contributed by atoms with Gasteiger partial charge in [0, 0.05) is 10.2 Å². The Balaban J connectivity index is 2.45. The summed E-state index contributed by atoms with van der Waals surface area (Å²) in [6.45, 7) is 1.87. The summed E-state index contributed by atoms with van der Waals surface area (Å²) in [6, 6.07) is 10.6. The van der Waals surface area contributed by atoms with Gasteiger partial charge in [-0.1, -0.05) is 6.07 Å². The topological polar surface area (TPSA) is 35.8 Å². The smallest absolute Gasteiger partial charge is 0.139 e. The van der Waals surface area contributed by atoms with E-state index in [-0.39, 0.29) is 5.82 Å². The molecule has 1 N–H and O–H groups in total. The number of nitrogens with one attached hydrogen (secondary N) is 1. The molecular formula is C14H9Br2FN2. The first-order valence-corrected chi connectivity index (χ1v) is 7.03. The van der Waals surface area contributed by atoms with Crippen LogP contribution in [-0.2, 0) is 0 Å². The summed E-state index contributed by atoms with van der Waals surface area (Å²) in [6.07, 6.45) is 0. The number of halogens is 3. The molecule has 0 bridgehead atoms. The molecule has 0 fully saturated rings. The Morgan fingerprint density at radius 2 is 1.89 bits per heavy atom. The zero-order valence-corrected chi connectivity index (χ0v) is 13.1. The Bertz CT molecular complexity index is 678. The molecule has 0 saturated carbocycles. The average molecular weight is 384 g/mol. The maximum Gasteiger partial charge on any atom is 0.139 e. The van der Waals surface area contributed by atoms with Crippen molar-refractivity contribution in [1.29, 1.82) is 5.26 Å². The van der Waals surface area contributed by atoms with E-state index in [4.69, 9.17) is 5.26 Å². The fourth-order valence-corrected chi connectivity index (χ4v) is 2.58. The van der Waals surface area contributed by atoms with Crippen LogP contribution < -0.4 is 5.32 Å². The highest BCUT2D eigenvalue weighted by molar-refractivity contribution is 9.10. The van der Waals surface area contributed by atoms with E-state index in [1.807, 2.05) is 13.0 Å². The second kappa shape index (κ2) is 5.72. The third-order valence-corrected chi connectivity index (χ3v) is 3.93. The number of nitriles is 1. The number of rotatable bonds is 2. The lowest BCUT2D eigenvalue weighted by Gasteiger charge is -2.12. The van der Waals surface area contributed by atoms with Gasteiger partial charge < -0.3 is 5.32 Å². The van der Waals surface area contributed by atoms with Crippen LogP contribution in [0.15, 0.2) is 39.3 Å². The number of hydrogen-bond acceptors (Lipinski definition) is 2. The van der Waals surface area contributed by atoms with Crippen molar-refractivity contribution >= 4 is 43.2 Å². The van der Waals surface area contributed by atoms with Crippen LogP contribution in [0.3, 0.4) is 0 Å². The number of benzene rings is 2. The quantitative estimate of drug-likeness (QED) is 0.766. The fourth-order valence-electron chi connectivity index (χ4n) is 1.67. The van der Waals surface area contributed by atoms with Crippen LogP contribution >= 0.6 is 31.9 Å². The lowest BCUT2D eigenvalue weighted by molar-refractivity contribution is 0.621. The Morgan fingerprint density at radius 3 is 2.58 bits per heavy atom. The minimum Gasteiger partial charge on any atom is -0.354 e. The Hall–Kier alpha value is -1.38. The van der Waals surface area contributed by atoms with Gasteiger partial charge in [-0.15, -0.1) is 0 Å². The van der Waals surface area contributed by atoms with Crippen LogP contribution in [0.1, 0.15) is 11.1 Å². The predicted octanol–water partition coefficient (Wildman–Crippen LogP) is 5.27. The minimum atomic E-state index is -0.346. The zero-order chi connectivity index (χ0) is 14.0. The van der Waals surface area contributed by atoms with E-state index in [9.17, 15) is 4.39 Å². The molecule has 0 unspecified atom stereocenters. The van der Waals surface area contributed by atoms with Gasteiger partial charge in [-0.2, -0.15) is 5.26 Å². The molecule has 19 heavy (non-hydrogen) atoms. The summed E-state index contributed by atoms with van der Waals surface area (Å²) in [5.74, 6) is -0.346. The fraction of sp³-hybridized carbons (Fsp3) is 0.0714. The van der Waals surface area contributed by atoms with Gasteiger partial charge in [0.15, 0.2) is 0 Å². The van der Waals surface area contributed by atoms with Gasteiger partial charge in [0.25, 0.3) is 0 Å². The highest BCUT2D eigenvalue weighted by Crippen LogP contribution is 2.30. The van der Waals surface area contributed by atoms with Crippen LogP contribution in [0.4, 0.5) is 15.8 Å². The largest absolute Gasteiger partial charge is 0.354 e. The summed E-state index contributed by atoms with van der Waals surface area (Å²) < 4.78 is 14.7. The maximum atomic E-state index is 13.6. The third-order valence-electron chi connectivity index (χ3n) is 2.66. The normalized spacial score (nSPS) is 10.1. The van der Waals surface area contributed by atoms with Gasteiger partial charge in [-0.05, 0) is 68.6 Å². The van der Waals surface area contributed by atoms with Crippen LogP contribution in [0.2, 0.25) is 0 Å². The highest BCUT2D eigenvalue weighted by Gasteiger charge is 2.09. The first-order chi connectivity index (χ1) is 9.02. The molecule has 0 heterocycles. The van der Waals surface area contributed by atoms with Crippen LogP contribution in [0.5, 0.6) is 0 Å². The highest BCUT2D eigenvalue weighted by atomic mass is 79.9. The number of hydrogen-bond donors (Lipinski definition) is 1. The molecule has 0 atom stereocenters. The van der Waals surface area contributed by atoms with E-state index in [2.05, 4.69) is 43.2 Å². The van der Waals surface area contributed by atoms with Crippen molar-refractivity contribution in [1.82, 2.24) is 0 Å². The number of anilines is 2. The summed E-state index contributed by atoms with van der Waals surface area (Å²) in [7, 11) is 0. The van der Waals surface area contributed by atoms with Crippen molar-refractivity contribution in [2.24, 2.45) is 0 Å². The van der Waals surface area contributed by atoms with E-state index >= 15 is 0 Å². The monoisotopic (exact) mass is 382 g/mol. The minimum absolute atomic E-state index is 0.346. The molecule has 0 amide bonds. The van der Waals surface area contributed by atoms with E-state index in [1.165, 1.54) is 6.07 Å². The van der Waals surface area contributed by atoms with E-state index in [0.717, 1.165) is 5.56 Å². The Kier molecular flexibility index (Phi) is 4.23. The second-order valence-electron chi connectivity index (χ2n) is 3.98. The summed E-state index contributed by atoms with van der Waals surface area (Å²) in [5.41, 5.74) is 2.65. The van der Waals surface area contributed by atoms with Crippen LogP contribution in [0, 0.1) is 24.1 Å². The number of nitrogens with zero attached hydrogens (tertiary/aromatic N) is 1. The van der Waals surface area contributed by atoms with Crippen LogP contribution in [-0.4, -0.2) is 0 Å². The average Bonchev–Trinajstić information content (AvgIpc) is 2.36. The third kappa shape index (κ3) is 2.96. The van der Waals surface area contributed by atoms with Crippen LogP contribution in [0.25, 0.3) is 0 Å². The molecule has 96 valence electrons. The van der Waals surface area contributed by atoms with E-state index in [0.29, 0.717) is 25.9 Å². The lowest BCUT2D eigenvalue weighted by atomic mass is 10.1. The van der Waals surface area contributed by atoms with Crippen molar-refractivity contribution < 1.29 is 4.39 Å². The molecule has 0 aliphatic rings. The van der Waals surface area contributed by atoms with Gasteiger partial charge in [0.1, 0.15) is 11.9 Å². The van der Waals surface area contributed by atoms with Crippen molar-refractivity contribution in [2.45, 2.75) is 6.92 Å². The molecule has 0 radical (unpaired) electrons. The first-order valence-electron chi connectivity index (χ1n) is 5.44. The van der Waals surface area contributed by atoms with Crippen molar-refractivity contribution in [3.8, 4) is 6.07 Å². The summed E-state index contributed by atoms with van der Waals surface area (Å²) in [4.78, 5) is 0. The molecule has 2 aromatic rings. The molecule has 5 heteroatoms. The molecular weight excluding hydrogens is 375 g/mol. The molecule has 0 spiro atoms. The Morgan fingerprint density at radius 1 is 1.16 bits per heavy atom. The van der Waals surface area contributed by atoms with Gasteiger partial charge >= 0.3 is 0 Å². The predicted molar refractivity (Wildman–Crippen MR) is 81.0 cm³/mol. The molecule has 0 saturated heterocycles. The van der Waals surface area contributed by atoms with Gasteiger partial charge in [-0.25, -0.2) is 4.39 Å². The van der Waals surface area contributed by atoms with Gasteiger partial charge in [0.2, 0.25) is 0 Å².